The maximum absolute atomic E-state index is 11.9. The van der Waals surface area contributed by atoms with Crippen LogP contribution >= 0.6 is 0 Å². The predicted octanol–water partition coefficient (Wildman–Crippen LogP) is 3.06. The number of halogens is 6. The molecule has 0 aromatic heterocycles. The van der Waals surface area contributed by atoms with E-state index in [-0.39, 0.29) is 6.07 Å². The molecule has 0 saturated carbocycles. The number of ether oxygens (including phenoxy) is 2. The Morgan fingerprint density at radius 3 is 1.53 bits per heavy atom. The van der Waals surface area contributed by atoms with Crippen molar-refractivity contribution >= 4 is 11.1 Å². The second kappa shape index (κ2) is 5.25. The van der Waals surface area contributed by atoms with E-state index in [1.54, 1.807) is 0 Å². The molecule has 0 aliphatic carbocycles. The van der Waals surface area contributed by atoms with Gasteiger partial charge in [-0.1, -0.05) is 0 Å². The summed E-state index contributed by atoms with van der Waals surface area (Å²) in [4.78, 5) is -0.735. The van der Waals surface area contributed by atoms with E-state index >= 15 is 0 Å². The SMILES string of the molecule is O=S(O)c1cc(OC(F)(F)F)cc(OC(F)(F)F)c1. The summed E-state index contributed by atoms with van der Waals surface area (Å²) in [6.07, 6.45) is -10.3. The van der Waals surface area contributed by atoms with Gasteiger partial charge in [0.25, 0.3) is 0 Å². The molecule has 1 aromatic rings. The van der Waals surface area contributed by atoms with Crippen molar-refractivity contribution in [3.05, 3.63) is 18.2 Å². The fourth-order valence-electron chi connectivity index (χ4n) is 1.03. The highest BCUT2D eigenvalue weighted by atomic mass is 32.2. The highest BCUT2D eigenvalue weighted by Crippen LogP contribution is 2.31. The molecule has 0 aliphatic heterocycles. The molecular formula is C8H4F6O4S. The van der Waals surface area contributed by atoms with Gasteiger partial charge in [0, 0.05) is 6.07 Å². The molecule has 108 valence electrons. The first-order valence-corrected chi connectivity index (χ1v) is 5.34. The van der Waals surface area contributed by atoms with Crippen molar-refractivity contribution in [2.24, 2.45) is 0 Å². The number of hydrogen-bond donors (Lipinski definition) is 1. The van der Waals surface area contributed by atoms with E-state index in [4.69, 9.17) is 4.55 Å². The minimum absolute atomic E-state index is 0.289. The van der Waals surface area contributed by atoms with Crippen LogP contribution in [-0.4, -0.2) is 21.5 Å². The molecule has 0 fully saturated rings. The quantitative estimate of drug-likeness (QED) is 0.688. The number of alkyl halides is 6. The monoisotopic (exact) mass is 310 g/mol. The summed E-state index contributed by atoms with van der Waals surface area (Å²) in [5, 5.41) is 0. The van der Waals surface area contributed by atoms with Crippen molar-refractivity contribution in [3.8, 4) is 11.5 Å². The average Bonchev–Trinajstić information content (AvgIpc) is 2.10. The van der Waals surface area contributed by atoms with Gasteiger partial charge in [-0.2, -0.15) is 0 Å². The smallest absolute Gasteiger partial charge is 0.406 e. The molecule has 1 atom stereocenters. The van der Waals surface area contributed by atoms with Crippen molar-refractivity contribution in [2.75, 3.05) is 0 Å². The molecule has 0 bridgehead atoms. The van der Waals surface area contributed by atoms with Crippen LogP contribution in [0.4, 0.5) is 26.3 Å². The molecule has 0 radical (unpaired) electrons. The normalized spacial score (nSPS) is 14.1. The second-order valence-corrected chi connectivity index (χ2v) is 3.95. The van der Waals surface area contributed by atoms with E-state index in [1.807, 2.05) is 0 Å². The van der Waals surface area contributed by atoms with E-state index in [1.165, 1.54) is 0 Å². The van der Waals surface area contributed by atoms with Gasteiger partial charge in [0.15, 0.2) is 11.1 Å². The fourth-order valence-corrected chi connectivity index (χ4v) is 1.47. The standard InChI is InChI=1S/C8H4F6O4S/c9-7(10,11)17-4-1-5(18-8(12,13)14)3-6(2-4)19(15)16/h1-3H,(H,15,16). The van der Waals surface area contributed by atoms with Crippen molar-refractivity contribution in [1.29, 1.82) is 0 Å². The molecule has 19 heavy (non-hydrogen) atoms. The van der Waals surface area contributed by atoms with Crippen molar-refractivity contribution < 1.29 is 44.6 Å². The highest BCUT2D eigenvalue weighted by molar-refractivity contribution is 7.79. The molecule has 0 aliphatic rings. The lowest BCUT2D eigenvalue weighted by Gasteiger charge is -2.13. The van der Waals surface area contributed by atoms with Crippen molar-refractivity contribution in [2.45, 2.75) is 17.6 Å². The Morgan fingerprint density at radius 1 is 0.895 bits per heavy atom. The van der Waals surface area contributed by atoms with Gasteiger partial charge in [0.2, 0.25) is 0 Å². The average molecular weight is 310 g/mol. The summed E-state index contributed by atoms with van der Waals surface area (Å²) in [5.74, 6) is -2.21. The lowest BCUT2D eigenvalue weighted by molar-refractivity contribution is -0.276. The van der Waals surface area contributed by atoms with Gasteiger partial charge in [-0.25, -0.2) is 4.21 Å². The zero-order chi connectivity index (χ0) is 14.8. The Bertz CT molecular complexity index is 449. The molecule has 1 aromatic carbocycles. The van der Waals surface area contributed by atoms with Crippen LogP contribution in [0.3, 0.4) is 0 Å². The number of hydrogen-bond acceptors (Lipinski definition) is 3. The lowest BCUT2D eigenvalue weighted by Crippen LogP contribution is -2.19. The molecule has 0 saturated heterocycles. The topological polar surface area (TPSA) is 55.8 Å². The second-order valence-electron chi connectivity index (χ2n) is 2.98. The summed E-state index contributed by atoms with van der Waals surface area (Å²) < 4.78 is 97.6. The Kier molecular flexibility index (Phi) is 4.30. The van der Waals surface area contributed by atoms with Crippen molar-refractivity contribution in [3.63, 3.8) is 0 Å². The lowest BCUT2D eigenvalue weighted by atomic mass is 10.3. The minimum atomic E-state index is -5.16. The Morgan fingerprint density at radius 2 is 1.26 bits per heavy atom. The van der Waals surface area contributed by atoms with Gasteiger partial charge < -0.3 is 14.0 Å². The molecule has 1 rings (SSSR count). The molecule has 11 heteroatoms. The molecule has 4 nitrogen and oxygen atoms in total. The first kappa shape index (κ1) is 15.6. The van der Waals surface area contributed by atoms with Crippen LogP contribution in [-0.2, 0) is 11.1 Å². The summed E-state index contributed by atoms with van der Waals surface area (Å²) in [7, 11) is 0. The van der Waals surface area contributed by atoms with Crippen LogP contribution in [0.15, 0.2) is 23.1 Å². The van der Waals surface area contributed by atoms with Gasteiger partial charge >= 0.3 is 12.7 Å². The van der Waals surface area contributed by atoms with E-state index < -0.39 is 40.2 Å². The van der Waals surface area contributed by atoms with Gasteiger partial charge in [-0.15, -0.1) is 26.3 Å². The molecule has 0 spiro atoms. The Hall–Kier alpha value is -1.49. The van der Waals surface area contributed by atoms with E-state index in [2.05, 4.69) is 9.47 Å². The molecule has 0 heterocycles. The Labute approximate surface area is 104 Å². The van der Waals surface area contributed by atoms with E-state index in [0.717, 1.165) is 0 Å². The van der Waals surface area contributed by atoms with Gasteiger partial charge in [0.1, 0.15) is 11.5 Å². The third kappa shape index (κ3) is 5.79. The fraction of sp³-hybridized carbons (Fsp3) is 0.250. The maximum atomic E-state index is 11.9. The highest BCUT2D eigenvalue weighted by Gasteiger charge is 2.34. The first-order chi connectivity index (χ1) is 8.46. The summed E-state index contributed by atoms with van der Waals surface area (Å²) >= 11 is -2.80. The van der Waals surface area contributed by atoms with Crippen LogP contribution in [0.2, 0.25) is 0 Å². The van der Waals surface area contributed by atoms with Crippen LogP contribution in [0.25, 0.3) is 0 Å². The van der Waals surface area contributed by atoms with Crippen LogP contribution in [0, 0.1) is 0 Å². The zero-order valence-corrected chi connectivity index (χ0v) is 9.40. The molecule has 0 amide bonds. The summed E-state index contributed by atoms with van der Waals surface area (Å²) in [6.45, 7) is 0. The predicted molar refractivity (Wildman–Crippen MR) is 48.8 cm³/mol. The van der Waals surface area contributed by atoms with Gasteiger partial charge in [-0.05, 0) is 12.1 Å². The first-order valence-electron chi connectivity index (χ1n) is 4.24. The van der Waals surface area contributed by atoms with Gasteiger partial charge in [-0.3, -0.25) is 0 Å². The third-order valence-corrected chi connectivity index (χ3v) is 2.16. The zero-order valence-electron chi connectivity index (χ0n) is 8.58. The molecular weight excluding hydrogens is 306 g/mol. The van der Waals surface area contributed by atoms with Gasteiger partial charge in [0.05, 0.1) is 4.90 Å². The summed E-state index contributed by atoms with van der Waals surface area (Å²) in [5.41, 5.74) is 0. The third-order valence-electron chi connectivity index (χ3n) is 1.52. The number of rotatable bonds is 3. The number of benzene rings is 1. The molecule has 1 unspecified atom stereocenters. The van der Waals surface area contributed by atoms with Crippen LogP contribution < -0.4 is 9.47 Å². The maximum Gasteiger partial charge on any atom is 0.573 e. The van der Waals surface area contributed by atoms with E-state index in [0.29, 0.717) is 12.1 Å². The molecule has 1 N–H and O–H groups in total. The van der Waals surface area contributed by atoms with Crippen molar-refractivity contribution in [1.82, 2.24) is 0 Å². The van der Waals surface area contributed by atoms with E-state index in [9.17, 15) is 30.6 Å². The minimum Gasteiger partial charge on any atom is -0.406 e. The summed E-state index contributed by atoms with van der Waals surface area (Å²) in [6, 6.07) is 1.22. The Balaban J connectivity index is 3.14. The largest absolute Gasteiger partial charge is 0.573 e. The van der Waals surface area contributed by atoms with Crippen LogP contribution in [0.1, 0.15) is 0 Å². The van der Waals surface area contributed by atoms with Crippen LogP contribution in [0.5, 0.6) is 11.5 Å².